The van der Waals surface area contributed by atoms with Crippen LogP contribution in [0.4, 0.5) is 0 Å². The van der Waals surface area contributed by atoms with E-state index in [2.05, 4.69) is 14.6 Å². The Morgan fingerprint density at radius 2 is 1.68 bits per heavy atom. The molecule has 1 atom stereocenters. The summed E-state index contributed by atoms with van der Waals surface area (Å²) in [6.07, 6.45) is 7.31. The van der Waals surface area contributed by atoms with Crippen LogP contribution in [-0.4, -0.2) is 52.1 Å². The molecule has 2 heterocycles. The minimum Gasteiger partial charge on any atom is -0.497 e. The van der Waals surface area contributed by atoms with Crippen LogP contribution in [0.1, 0.15) is 66.8 Å². The highest BCUT2D eigenvalue weighted by atomic mass is 32.2. The highest BCUT2D eigenvalue weighted by Crippen LogP contribution is 2.44. The Kier molecular flexibility index (Phi) is 8.14. The summed E-state index contributed by atoms with van der Waals surface area (Å²) >= 11 is -1.64. The number of rotatable bonds is 3. The maximum Gasteiger partial charge on any atom is 0.264 e. The molecule has 3 aromatic rings. The number of fused-ring (bicyclic) bond motifs is 1. The van der Waals surface area contributed by atoms with Crippen molar-refractivity contribution in [1.29, 1.82) is 0 Å². The Hall–Kier alpha value is -3.17. The van der Waals surface area contributed by atoms with Gasteiger partial charge >= 0.3 is 0 Å². The molecule has 2 amide bonds. The second-order valence-corrected chi connectivity index (χ2v) is 11.6. The van der Waals surface area contributed by atoms with Crippen LogP contribution in [0.2, 0.25) is 0 Å². The number of benzene rings is 2. The molecule has 202 valence electrons. The summed E-state index contributed by atoms with van der Waals surface area (Å²) in [5.41, 5.74) is 4.55. The maximum atomic E-state index is 13.2. The summed E-state index contributed by atoms with van der Waals surface area (Å²) in [5, 5.41) is 4.13. The molecule has 1 aliphatic carbocycles. The standard InChI is InChI=1S/C29H36N4O4S/c1-32-17-7-6-16-30-26(34)19-33-25-18-22(29(35)31-38(32)36)12-15-24(25)27(20-8-4-3-5-9-20)28(33)21-10-13-23(37-2)14-11-21/h10-15,18,20H,3-9,16-17,19H2,1-2H3,(H,30,34)(H,31,35). The summed E-state index contributed by atoms with van der Waals surface area (Å²) in [7, 11) is 3.37. The van der Waals surface area contributed by atoms with E-state index in [9.17, 15) is 13.8 Å². The number of carbonyl (C=O) groups excluding carboxylic acids is 2. The van der Waals surface area contributed by atoms with E-state index in [1.54, 1.807) is 18.5 Å². The van der Waals surface area contributed by atoms with Crippen molar-refractivity contribution in [2.75, 3.05) is 27.2 Å². The Morgan fingerprint density at radius 1 is 0.947 bits per heavy atom. The molecule has 2 aromatic carbocycles. The monoisotopic (exact) mass is 536 g/mol. The third kappa shape index (κ3) is 5.49. The van der Waals surface area contributed by atoms with Crippen LogP contribution >= 0.6 is 0 Å². The van der Waals surface area contributed by atoms with Gasteiger partial charge in [-0.15, -0.1) is 0 Å². The largest absolute Gasteiger partial charge is 0.497 e. The maximum absolute atomic E-state index is 13.2. The lowest BCUT2D eigenvalue weighted by Crippen LogP contribution is -2.36. The van der Waals surface area contributed by atoms with Gasteiger partial charge in [0.05, 0.1) is 18.3 Å². The van der Waals surface area contributed by atoms with Crippen LogP contribution in [0, 0.1) is 0 Å². The van der Waals surface area contributed by atoms with Crippen molar-refractivity contribution in [3.05, 3.63) is 53.6 Å². The number of amides is 2. The lowest BCUT2D eigenvalue weighted by molar-refractivity contribution is -0.121. The van der Waals surface area contributed by atoms with Gasteiger partial charge in [0.2, 0.25) is 5.91 Å². The summed E-state index contributed by atoms with van der Waals surface area (Å²) in [4.78, 5) is 26.3. The smallest absolute Gasteiger partial charge is 0.264 e. The summed E-state index contributed by atoms with van der Waals surface area (Å²) in [5.74, 6) is 0.692. The van der Waals surface area contributed by atoms with Crippen LogP contribution in [-0.2, 0) is 22.5 Å². The number of nitrogens with one attached hydrogen (secondary N) is 2. The molecule has 9 heteroatoms. The van der Waals surface area contributed by atoms with Crippen LogP contribution in [0.15, 0.2) is 42.5 Å². The van der Waals surface area contributed by atoms with Gasteiger partial charge in [0.1, 0.15) is 12.3 Å². The highest BCUT2D eigenvalue weighted by Gasteiger charge is 2.28. The second-order valence-electron chi connectivity index (χ2n) is 10.2. The summed E-state index contributed by atoms with van der Waals surface area (Å²) in [6, 6.07) is 13.6. The minimum absolute atomic E-state index is 0.0616. The molecule has 1 fully saturated rings. The van der Waals surface area contributed by atoms with Gasteiger partial charge in [-0.3, -0.25) is 14.3 Å². The molecule has 0 radical (unpaired) electrons. The molecule has 2 aliphatic rings. The predicted molar refractivity (Wildman–Crippen MR) is 150 cm³/mol. The van der Waals surface area contributed by atoms with Gasteiger partial charge in [-0.25, -0.2) is 8.51 Å². The number of carbonyl (C=O) groups is 2. The van der Waals surface area contributed by atoms with Crippen molar-refractivity contribution in [3.63, 3.8) is 0 Å². The number of nitrogens with zero attached hydrogens (tertiary/aromatic N) is 2. The van der Waals surface area contributed by atoms with Gasteiger partial charge in [-0.2, -0.15) is 0 Å². The molecule has 1 unspecified atom stereocenters. The van der Waals surface area contributed by atoms with E-state index in [-0.39, 0.29) is 12.5 Å². The van der Waals surface area contributed by atoms with E-state index in [0.717, 1.165) is 53.6 Å². The van der Waals surface area contributed by atoms with Crippen molar-refractivity contribution in [2.45, 2.75) is 57.4 Å². The van der Waals surface area contributed by atoms with E-state index >= 15 is 0 Å². The lowest BCUT2D eigenvalue weighted by Gasteiger charge is -2.24. The molecular formula is C29H36N4O4S. The SMILES string of the molecule is COc1ccc(-c2c(C3CCCCC3)c3ccc4cc3n2CC(=O)NCCCCN(C)S(=O)NC4=O)cc1. The molecule has 0 saturated heterocycles. The zero-order valence-corrected chi connectivity index (χ0v) is 22.9. The Balaban J connectivity index is 1.71. The Bertz CT molecular complexity index is 1340. The van der Waals surface area contributed by atoms with Gasteiger partial charge in [-0.1, -0.05) is 25.3 Å². The van der Waals surface area contributed by atoms with E-state index in [0.29, 0.717) is 24.6 Å². The van der Waals surface area contributed by atoms with E-state index < -0.39 is 17.1 Å². The van der Waals surface area contributed by atoms with E-state index in [1.807, 2.05) is 42.5 Å². The van der Waals surface area contributed by atoms with Crippen molar-refractivity contribution in [2.24, 2.45) is 0 Å². The normalized spacial score (nSPS) is 20.5. The first-order valence-corrected chi connectivity index (χ1v) is 14.6. The fraction of sp³-hybridized carbons (Fsp3) is 0.448. The molecule has 38 heavy (non-hydrogen) atoms. The van der Waals surface area contributed by atoms with Gasteiger partial charge in [0.15, 0.2) is 11.2 Å². The first-order valence-electron chi connectivity index (χ1n) is 13.5. The number of hydrogen-bond donors (Lipinski definition) is 2. The first-order chi connectivity index (χ1) is 18.5. The number of hydrogen-bond acceptors (Lipinski definition) is 4. The molecule has 8 nitrogen and oxygen atoms in total. The molecule has 2 bridgehead atoms. The Morgan fingerprint density at radius 3 is 2.42 bits per heavy atom. The van der Waals surface area contributed by atoms with Crippen molar-refractivity contribution in [1.82, 2.24) is 18.9 Å². The fourth-order valence-corrected chi connectivity index (χ4v) is 6.46. The highest BCUT2D eigenvalue weighted by molar-refractivity contribution is 7.81. The number of methoxy groups -OCH3 is 1. The zero-order chi connectivity index (χ0) is 26.6. The average molecular weight is 537 g/mol. The third-order valence-corrected chi connectivity index (χ3v) is 8.84. The van der Waals surface area contributed by atoms with Gasteiger partial charge in [-0.05, 0) is 79.1 Å². The number of ether oxygens (including phenoxy) is 1. The summed E-state index contributed by atoms with van der Waals surface area (Å²) < 4.78 is 24.4. The topological polar surface area (TPSA) is 92.7 Å². The van der Waals surface area contributed by atoms with Crippen LogP contribution in [0.5, 0.6) is 5.75 Å². The van der Waals surface area contributed by atoms with Crippen molar-refractivity contribution in [3.8, 4) is 17.0 Å². The molecule has 2 N–H and O–H groups in total. The second kappa shape index (κ2) is 11.7. The van der Waals surface area contributed by atoms with Crippen LogP contribution in [0.25, 0.3) is 22.2 Å². The van der Waals surface area contributed by atoms with Gasteiger partial charge < -0.3 is 14.6 Å². The quantitative estimate of drug-likeness (QED) is 0.515. The molecule has 1 saturated carbocycles. The molecule has 1 aliphatic heterocycles. The number of aromatic nitrogens is 1. The van der Waals surface area contributed by atoms with E-state index in [4.69, 9.17) is 4.74 Å². The van der Waals surface area contributed by atoms with Crippen LogP contribution < -0.4 is 14.8 Å². The predicted octanol–water partition coefficient (Wildman–Crippen LogP) is 4.51. The molecule has 5 rings (SSSR count). The van der Waals surface area contributed by atoms with Crippen molar-refractivity contribution < 1.29 is 18.5 Å². The summed E-state index contributed by atoms with van der Waals surface area (Å²) in [6.45, 7) is 1.25. The van der Waals surface area contributed by atoms with E-state index in [1.165, 1.54) is 24.8 Å². The minimum atomic E-state index is -1.64. The average Bonchev–Trinajstić information content (AvgIpc) is 3.25. The van der Waals surface area contributed by atoms with Crippen LogP contribution in [0.3, 0.4) is 0 Å². The molecule has 0 spiro atoms. The molecular weight excluding hydrogens is 500 g/mol. The fourth-order valence-electron chi connectivity index (χ4n) is 5.73. The molecule has 1 aromatic heterocycles. The Labute approximate surface area is 226 Å². The lowest BCUT2D eigenvalue weighted by atomic mass is 9.81. The third-order valence-electron chi connectivity index (χ3n) is 7.73. The zero-order valence-electron chi connectivity index (χ0n) is 22.1. The van der Waals surface area contributed by atoms with Crippen molar-refractivity contribution >= 4 is 33.9 Å². The first kappa shape index (κ1) is 26.4. The van der Waals surface area contributed by atoms with Gasteiger partial charge in [0, 0.05) is 31.1 Å². The van der Waals surface area contributed by atoms with Gasteiger partial charge in [0.25, 0.3) is 5.91 Å².